The Kier molecular flexibility index (Phi) is 10.9. The van der Waals surface area contributed by atoms with Crippen molar-refractivity contribution in [3.8, 4) is 17.2 Å². The number of thiophene rings is 1. The summed E-state index contributed by atoms with van der Waals surface area (Å²) in [5.74, 6) is -1.24. The Morgan fingerprint density at radius 3 is 2.33 bits per heavy atom. The van der Waals surface area contributed by atoms with Gasteiger partial charge in [0.05, 0.1) is 11.3 Å². The van der Waals surface area contributed by atoms with Gasteiger partial charge in [-0.25, -0.2) is 0 Å². The van der Waals surface area contributed by atoms with Crippen LogP contribution in [0.2, 0.25) is 10.0 Å². The highest BCUT2D eigenvalue weighted by atomic mass is 35.5. The monoisotopic (exact) mass is 682 g/mol. The van der Waals surface area contributed by atoms with E-state index < -0.39 is 11.8 Å². The third kappa shape index (κ3) is 8.44. The molecular weight excluding hydrogens is 659 g/mol. The van der Waals surface area contributed by atoms with E-state index in [0.29, 0.717) is 37.4 Å². The molecular formula is C35H24Cl2N4O3S2. The van der Waals surface area contributed by atoms with Gasteiger partial charge in [-0.05, 0) is 59.7 Å². The molecule has 3 N–H and O–H groups in total. The van der Waals surface area contributed by atoms with Gasteiger partial charge in [-0.1, -0.05) is 83.9 Å². The van der Waals surface area contributed by atoms with Gasteiger partial charge in [0.2, 0.25) is 5.91 Å². The van der Waals surface area contributed by atoms with Crippen LogP contribution in [0.1, 0.15) is 21.5 Å². The first-order valence-electron chi connectivity index (χ1n) is 13.7. The van der Waals surface area contributed by atoms with E-state index in [1.807, 2.05) is 41.8 Å². The molecule has 0 radical (unpaired) electrons. The molecule has 7 nitrogen and oxygen atoms in total. The number of halogens is 2. The van der Waals surface area contributed by atoms with Gasteiger partial charge >= 0.3 is 0 Å². The molecule has 11 heteroatoms. The molecule has 1 aromatic heterocycles. The average Bonchev–Trinajstić information content (AvgIpc) is 3.47. The standard InChI is InChI=1S/C35H24Cl2N4O3S2/c36-25-15-14-24(30(37)17-25)16-31(40-33(43)23-10-5-2-6-11-23)34(44)39-26-12-7-13-27(18-26)45-21-32(42)41-35-28(19-38)29(20-46-35)22-8-3-1-4-9-22/h1-18,20H,21H2,(H,39,44)(H,40,43)(H,41,42)/b31-16+. The molecule has 5 rings (SSSR count). The average molecular weight is 684 g/mol. The zero-order valence-electron chi connectivity index (χ0n) is 23.9. The lowest BCUT2D eigenvalue weighted by atomic mass is 10.1. The molecule has 3 amide bonds. The number of carbonyl (C=O) groups is 3. The molecule has 0 aliphatic carbocycles. The van der Waals surface area contributed by atoms with Crippen LogP contribution in [0, 0.1) is 11.3 Å². The van der Waals surface area contributed by atoms with Crippen molar-refractivity contribution in [2.75, 3.05) is 16.4 Å². The minimum Gasteiger partial charge on any atom is -0.321 e. The van der Waals surface area contributed by atoms with E-state index in [1.54, 1.807) is 66.7 Å². The summed E-state index contributed by atoms with van der Waals surface area (Å²) >= 11 is 15.0. The van der Waals surface area contributed by atoms with Gasteiger partial charge in [0.1, 0.15) is 16.8 Å². The Balaban J connectivity index is 1.27. The highest BCUT2D eigenvalue weighted by Gasteiger charge is 2.18. The van der Waals surface area contributed by atoms with E-state index >= 15 is 0 Å². The van der Waals surface area contributed by atoms with Crippen molar-refractivity contribution in [3.05, 3.63) is 141 Å². The SMILES string of the molecule is N#Cc1c(-c2ccccc2)csc1NC(=O)CSc1cccc(NC(=O)/C(=C\c2ccc(Cl)cc2Cl)NC(=O)c2ccccc2)c1. The molecule has 4 aromatic carbocycles. The molecule has 0 atom stereocenters. The lowest BCUT2D eigenvalue weighted by Crippen LogP contribution is -2.30. The molecule has 0 saturated heterocycles. The molecule has 0 fully saturated rings. The van der Waals surface area contributed by atoms with Crippen LogP contribution in [0.3, 0.4) is 0 Å². The number of amides is 3. The zero-order valence-corrected chi connectivity index (χ0v) is 27.1. The van der Waals surface area contributed by atoms with Crippen LogP contribution < -0.4 is 16.0 Å². The van der Waals surface area contributed by atoms with Crippen LogP contribution in [-0.4, -0.2) is 23.5 Å². The minimum absolute atomic E-state index is 0.0328. The van der Waals surface area contributed by atoms with Gasteiger partial charge in [-0.15, -0.1) is 23.1 Å². The van der Waals surface area contributed by atoms with Crippen LogP contribution >= 0.6 is 46.3 Å². The summed E-state index contributed by atoms with van der Waals surface area (Å²) in [6.45, 7) is 0. The predicted molar refractivity (Wildman–Crippen MR) is 187 cm³/mol. The van der Waals surface area contributed by atoms with Crippen molar-refractivity contribution >= 4 is 80.8 Å². The molecule has 46 heavy (non-hydrogen) atoms. The van der Waals surface area contributed by atoms with Crippen molar-refractivity contribution < 1.29 is 14.4 Å². The number of benzene rings is 4. The number of nitrogens with one attached hydrogen (secondary N) is 3. The molecule has 0 bridgehead atoms. The molecule has 0 unspecified atom stereocenters. The summed E-state index contributed by atoms with van der Waals surface area (Å²) in [5.41, 5.74) is 3.37. The summed E-state index contributed by atoms with van der Waals surface area (Å²) in [6, 6.07) is 32.0. The minimum atomic E-state index is -0.578. The van der Waals surface area contributed by atoms with E-state index in [2.05, 4.69) is 22.0 Å². The molecule has 0 saturated carbocycles. The maximum Gasteiger partial charge on any atom is 0.272 e. The smallest absolute Gasteiger partial charge is 0.272 e. The van der Waals surface area contributed by atoms with Crippen molar-refractivity contribution in [3.63, 3.8) is 0 Å². The van der Waals surface area contributed by atoms with Crippen molar-refractivity contribution in [1.82, 2.24) is 5.32 Å². The number of nitrogens with zero attached hydrogens (tertiary/aromatic N) is 1. The number of rotatable bonds is 10. The number of thioether (sulfide) groups is 1. The maximum atomic E-state index is 13.4. The van der Waals surface area contributed by atoms with Gasteiger partial charge in [-0.3, -0.25) is 14.4 Å². The third-order valence-electron chi connectivity index (χ3n) is 6.49. The summed E-state index contributed by atoms with van der Waals surface area (Å²) in [7, 11) is 0. The van der Waals surface area contributed by atoms with Gasteiger partial charge in [0.25, 0.3) is 11.8 Å². The molecule has 0 aliphatic rings. The lowest BCUT2D eigenvalue weighted by molar-refractivity contribution is -0.114. The Labute approximate surface area is 283 Å². The molecule has 0 spiro atoms. The highest BCUT2D eigenvalue weighted by Crippen LogP contribution is 2.35. The Bertz CT molecular complexity index is 1970. The number of hydrogen-bond donors (Lipinski definition) is 3. The van der Waals surface area contributed by atoms with Gasteiger partial charge in [-0.2, -0.15) is 5.26 Å². The second-order valence-corrected chi connectivity index (χ2v) is 12.5. The molecule has 5 aromatic rings. The molecule has 1 heterocycles. The number of nitriles is 1. The van der Waals surface area contributed by atoms with Gasteiger partial charge in [0.15, 0.2) is 0 Å². The predicted octanol–water partition coefficient (Wildman–Crippen LogP) is 8.73. The third-order valence-corrected chi connectivity index (χ3v) is 8.95. The Morgan fingerprint density at radius 2 is 1.61 bits per heavy atom. The quantitative estimate of drug-likeness (QED) is 0.101. The van der Waals surface area contributed by atoms with Gasteiger partial charge in [0, 0.05) is 37.1 Å². The number of hydrogen-bond acceptors (Lipinski definition) is 6. The van der Waals surface area contributed by atoms with Crippen molar-refractivity contribution in [2.24, 2.45) is 0 Å². The fourth-order valence-electron chi connectivity index (χ4n) is 4.28. The van der Waals surface area contributed by atoms with E-state index in [9.17, 15) is 19.6 Å². The van der Waals surface area contributed by atoms with Crippen LogP contribution in [0.5, 0.6) is 0 Å². The fraction of sp³-hybridized carbons (Fsp3) is 0.0286. The second kappa shape index (κ2) is 15.4. The topological polar surface area (TPSA) is 111 Å². The van der Waals surface area contributed by atoms with E-state index in [1.165, 1.54) is 29.2 Å². The maximum absolute atomic E-state index is 13.4. The zero-order chi connectivity index (χ0) is 32.5. The van der Waals surface area contributed by atoms with Crippen molar-refractivity contribution in [1.29, 1.82) is 5.26 Å². The first-order valence-corrected chi connectivity index (χ1v) is 16.4. The van der Waals surface area contributed by atoms with Crippen LogP contribution in [0.25, 0.3) is 17.2 Å². The first-order chi connectivity index (χ1) is 22.3. The summed E-state index contributed by atoms with van der Waals surface area (Å²) < 4.78 is 0. The lowest BCUT2D eigenvalue weighted by Gasteiger charge is -2.13. The first kappa shape index (κ1) is 32.5. The fourth-order valence-corrected chi connectivity index (χ4v) is 6.44. The largest absolute Gasteiger partial charge is 0.321 e. The Hall–Kier alpha value is -4.85. The summed E-state index contributed by atoms with van der Waals surface area (Å²) in [6.07, 6.45) is 1.47. The van der Waals surface area contributed by atoms with Gasteiger partial charge < -0.3 is 16.0 Å². The van der Waals surface area contributed by atoms with Crippen molar-refractivity contribution in [2.45, 2.75) is 4.90 Å². The molecule has 0 aliphatic heterocycles. The van der Waals surface area contributed by atoms with Crippen LogP contribution in [-0.2, 0) is 9.59 Å². The number of anilines is 2. The highest BCUT2D eigenvalue weighted by molar-refractivity contribution is 8.00. The van der Waals surface area contributed by atoms with E-state index in [0.717, 1.165) is 16.0 Å². The normalized spacial score (nSPS) is 10.9. The Morgan fingerprint density at radius 1 is 0.870 bits per heavy atom. The number of carbonyl (C=O) groups excluding carboxylic acids is 3. The van der Waals surface area contributed by atoms with E-state index in [-0.39, 0.29) is 17.4 Å². The van der Waals surface area contributed by atoms with E-state index in [4.69, 9.17) is 23.2 Å². The second-order valence-electron chi connectivity index (χ2n) is 9.69. The molecule has 228 valence electrons. The van der Waals surface area contributed by atoms with Crippen LogP contribution in [0.15, 0.2) is 119 Å². The summed E-state index contributed by atoms with van der Waals surface area (Å²) in [4.78, 5) is 39.9. The summed E-state index contributed by atoms with van der Waals surface area (Å²) in [5, 5.41) is 21.2. The van der Waals surface area contributed by atoms with Crippen LogP contribution in [0.4, 0.5) is 10.7 Å².